The predicted molar refractivity (Wildman–Crippen MR) is 151 cm³/mol. The minimum absolute atomic E-state index is 0.188. The SMILES string of the molecule is CCCCCCOc1ccccc1C(O)(O)N(C(=O)c1ccc(-c2cccc(C)c2C)cc1)C1CC1.O=CO. The fourth-order valence-corrected chi connectivity index (χ4v) is 4.60. The number of ether oxygens (including phenoxy) is 1. The molecule has 0 radical (unpaired) electrons. The lowest BCUT2D eigenvalue weighted by molar-refractivity contribution is -0.259. The summed E-state index contributed by atoms with van der Waals surface area (Å²) in [5.41, 5.74) is 5.16. The molecule has 208 valence electrons. The third kappa shape index (κ3) is 7.46. The van der Waals surface area contributed by atoms with E-state index in [2.05, 4.69) is 32.9 Å². The molecule has 4 rings (SSSR count). The van der Waals surface area contributed by atoms with Crippen molar-refractivity contribution >= 4 is 12.4 Å². The molecule has 0 unspecified atom stereocenters. The molecule has 0 spiro atoms. The fraction of sp³-hybridized carbons (Fsp3) is 0.375. The molecule has 0 aromatic heterocycles. The van der Waals surface area contributed by atoms with E-state index in [-0.39, 0.29) is 18.1 Å². The molecule has 1 aliphatic rings. The van der Waals surface area contributed by atoms with E-state index in [0.29, 0.717) is 17.9 Å². The van der Waals surface area contributed by atoms with Gasteiger partial charge in [-0.2, -0.15) is 0 Å². The second-order valence-electron chi connectivity index (χ2n) is 9.88. The molecule has 3 N–H and O–H groups in total. The molecule has 3 aromatic rings. The summed E-state index contributed by atoms with van der Waals surface area (Å²) >= 11 is 0. The van der Waals surface area contributed by atoms with Crippen molar-refractivity contribution in [3.05, 3.63) is 89.0 Å². The van der Waals surface area contributed by atoms with Crippen molar-refractivity contribution in [2.24, 2.45) is 0 Å². The third-order valence-electron chi connectivity index (χ3n) is 7.02. The number of para-hydroxylation sites is 1. The van der Waals surface area contributed by atoms with Crippen molar-refractivity contribution in [2.45, 2.75) is 71.2 Å². The molecule has 1 saturated carbocycles. The normalized spacial score (nSPS) is 12.7. The van der Waals surface area contributed by atoms with Gasteiger partial charge in [-0.25, -0.2) is 0 Å². The molecular formula is C32H39NO6. The van der Waals surface area contributed by atoms with Gasteiger partial charge < -0.3 is 20.1 Å². The Morgan fingerprint density at radius 1 is 0.974 bits per heavy atom. The first-order valence-electron chi connectivity index (χ1n) is 13.5. The number of carbonyl (C=O) groups is 2. The van der Waals surface area contributed by atoms with Crippen LogP contribution in [0.5, 0.6) is 5.75 Å². The summed E-state index contributed by atoms with van der Waals surface area (Å²) in [6.45, 7) is 6.57. The minimum Gasteiger partial charge on any atom is -0.493 e. The van der Waals surface area contributed by atoms with E-state index in [9.17, 15) is 15.0 Å². The molecule has 0 aliphatic heterocycles. The van der Waals surface area contributed by atoms with E-state index >= 15 is 0 Å². The fourth-order valence-electron chi connectivity index (χ4n) is 4.60. The Hall–Kier alpha value is -3.68. The zero-order chi connectivity index (χ0) is 28.4. The highest BCUT2D eigenvalue weighted by atomic mass is 16.5. The molecule has 0 bridgehead atoms. The highest BCUT2D eigenvalue weighted by Gasteiger charge is 2.48. The number of amides is 1. The number of unbranched alkanes of at least 4 members (excludes halogenated alkanes) is 3. The lowest BCUT2D eigenvalue weighted by Crippen LogP contribution is -2.51. The van der Waals surface area contributed by atoms with Gasteiger partial charge in [0, 0.05) is 11.6 Å². The highest BCUT2D eigenvalue weighted by Crippen LogP contribution is 2.40. The summed E-state index contributed by atoms with van der Waals surface area (Å²) in [6.07, 6.45) is 5.69. The van der Waals surface area contributed by atoms with Gasteiger partial charge in [0.05, 0.1) is 12.2 Å². The topological polar surface area (TPSA) is 107 Å². The number of hydrogen-bond donors (Lipinski definition) is 3. The Balaban J connectivity index is 0.00000134. The smallest absolute Gasteiger partial charge is 0.290 e. The van der Waals surface area contributed by atoms with Gasteiger partial charge in [-0.15, -0.1) is 0 Å². The van der Waals surface area contributed by atoms with Gasteiger partial charge in [-0.3, -0.25) is 14.5 Å². The number of rotatable bonds is 11. The predicted octanol–water partition coefficient (Wildman–Crippen LogP) is 6.03. The summed E-state index contributed by atoms with van der Waals surface area (Å²) in [6, 6.07) is 20.2. The maximum atomic E-state index is 13.6. The largest absolute Gasteiger partial charge is 0.493 e. The Bertz CT molecular complexity index is 1230. The number of aryl methyl sites for hydroxylation is 1. The highest BCUT2D eigenvalue weighted by molar-refractivity contribution is 5.95. The monoisotopic (exact) mass is 533 g/mol. The van der Waals surface area contributed by atoms with Crippen LogP contribution < -0.4 is 4.74 Å². The van der Waals surface area contributed by atoms with E-state index < -0.39 is 11.8 Å². The van der Waals surface area contributed by atoms with Crippen LogP contribution in [0.4, 0.5) is 0 Å². The molecule has 39 heavy (non-hydrogen) atoms. The van der Waals surface area contributed by atoms with Gasteiger partial charge in [-0.05, 0) is 79.6 Å². The van der Waals surface area contributed by atoms with Gasteiger partial charge in [0.25, 0.3) is 18.3 Å². The van der Waals surface area contributed by atoms with Gasteiger partial charge in [0.1, 0.15) is 5.75 Å². The summed E-state index contributed by atoms with van der Waals surface area (Å²) in [7, 11) is 0. The zero-order valence-corrected chi connectivity index (χ0v) is 23.0. The third-order valence-corrected chi connectivity index (χ3v) is 7.02. The van der Waals surface area contributed by atoms with Crippen molar-refractivity contribution in [2.75, 3.05) is 6.61 Å². The molecule has 1 fully saturated rings. The quantitative estimate of drug-likeness (QED) is 0.158. The molecule has 0 atom stereocenters. The molecule has 7 nitrogen and oxygen atoms in total. The maximum absolute atomic E-state index is 13.6. The number of carboxylic acid groups (broad SMARTS) is 1. The number of aliphatic hydroxyl groups is 2. The number of benzene rings is 3. The minimum atomic E-state index is -2.48. The van der Waals surface area contributed by atoms with Crippen molar-refractivity contribution in [3.8, 4) is 16.9 Å². The van der Waals surface area contributed by atoms with Gasteiger partial charge in [0.15, 0.2) is 0 Å². The average Bonchev–Trinajstić information content (AvgIpc) is 3.76. The lowest BCUT2D eigenvalue weighted by Gasteiger charge is -2.36. The summed E-state index contributed by atoms with van der Waals surface area (Å²) in [4.78, 5) is 23.2. The van der Waals surface area contributed by atoms with Gasteiger partial charge in [-0.1, -0.05) is 68.7 Å². The van der Waals surface area contributed by atoms with E-state index in [1.807, 2.05) is 18.2 Å². The lowest BCUT2D eigenvalue weighted by atomic mass is 9.96. The first-order valence-corrected chi connectivity index (χ1v) is 13.5. The molecule has 1 aliphatic carbocycles. The van der Waals surface area contributed by atoms with E-state index in [4.69, 9.17) is 14.6 Å². The molecule has 1 amide bonds. The standard InChI is InChI=1S/C31H37NO4.CH2O2/c1-4-5-6-9-21-36-29-14-8-7-13-28(29)31(34,35)32(26-19-20-26)30(33)25-17-15-24(16-18-25)27-12-10-11-22(2)23(27)3;2-1-3/h7-8,10-18,26,34-35H,4-6,9,19-21H2,1-3H3;1H,(H,2,3). The molecule has 7 heteroatoms. The Morgan fingerprint density at radius 2 is 1.64 bits per heavy atom. The van der Waals surface area contributed by atoms with E-state index in [0.717, 1.165) is 49.7 Å². The van der Waals surface area contributed by atoms with Crippen molar-refractivity contribution < 1.29 is 29.6 Å². The average molecular weight is 534 g/mol. The first kappa shape index (κ1) is 29.9. The Morgan fingerprint density at radius 3 is 2.28 bits per heavy atom. The van der Waals surface area contributed by atoms with Crippen molar-refractivity contribution in [3.63, 3.8) is 0 Å². The van der Waals surface area contributed by atoms with Gasteiger partial charge >= 0.3 is 0 Å². The second kappa shape index (κ2) is 13.9. The summed E-state index contributed by atoms with van der Waals surface area (Å²) < 4.78 is 5.93. The van der Waals surface area contributed by atoms with Crippen LogP contribution in [0, 0.1) is 13.8 Å². The van der Waals surface area contributed by atoms with E-state index in [1.165, 1.54) is 16.0 Å². The second-order valence-corrected chi connectivity index (χ2v) is 9.88. The van der Waals surface area contributed by atoms with E-state index in [1.54, 1.807) is 36.4 Å². The van der Waals surface area contributed by atoms with Crippen LogP contribution in [-0.2, 0) is 10.7 Å². The van der Waals surface area contributed by atoms with Crippen molar-refractivity contribution in [1.82, 2.24) is 4.90 Å². The van der Waals surface area contributed by atoms with Crippen LogP contribution in [-0.4, -0.2) is 45.2 Å². The van der Waals surface area contributed by atoms with Crippen molar-refractivity contribution in [1.29, 1.82) is 0 Å². The van der Waals surface area contributed by atoms with Crippen LogP contribution in [0.2, 0.25) is 0 Å². The van der Waals surface area contributed by atoms with Crippen LogP contribution in [0.25, 0.3) is 11.1 Å². The molecule has 3 aromatic carbocycles. The number of hydrogen-bond acceptors (Lipinski definition) is 5. The molecular weight excluding hydrogens is 494 g/mol. The summed E-state index contributed by atoms with van der Waals surface area (Å²) in [5, 5.41) is 29.7. The van der Waals surface area contributed by atoms with Crippen LogP contribution in [0.3, 0.4) is 0 Å². The first-order chi connectivity index (χ1) is 18.8. The van der Waals surface area contributed by atoms with Crippen LogP contribution in [0.1, 0.15) is 72.5 Å². The summed E-state index contributed by atoms with van der Waals surface area (Å²) in [5.74, 6) is -2.50. The maximum Gasteiger partial charge on any atom is 0.290 e. The zero-order valence-electron chi connectivity index (χ0n) is 23.0. The van der Waals surface area contributed by atoms with Crippen LogP contribution in [0.15, 0.2) is 66.7 Å². The Labute approximate surface area is 230 Å². The number of nitrogens with zero attached hydrogens (tertiary/aromatic N) is 1. The van der Waals surface area contributed by atoms with Crippen LogP contribution >= 0.6 is 0 Å². The Kier molecular flexibility index (Phi) is 10.7. The molecule has 0 heterocycles. The molecule has 0 saturated heterocycles. The number of carbonyl (C=O) groups excluding carboxylic acids is 1. The van der Waals surface area contributed by atoms with Gasteiger partial charge in [0.2, 0.25) is 0 Å².